The number of hydrazine groups is 1. The lowest BCUT2D eigenvalue weighted by Gasteiger charge is -2.17. The molecule has 0 aliphatic heterocycles. The van der Waals surface area contributed by atoms with Crippen molar-refractivity contribution in [1.82, 2.24) is 20.6 Å². The fourth-order valence-electron chi connectivity index (χ4n) is 2.74. The van der Waals surface area contributed by atoms with Crippen LogP contribution in [0.5, 0.6) is 5.75 Å². The number of hydrogen-bond acceptors (Lipinski definition) is 5. The minimum Gasteiger partial charge on any atom is -0.481 e. The van der Waals surface area contributed by atoms with Gasteiger partial charge in [-0.05, 0) is 43.7 Å². The van der Waals surface area contributed by atoms with Crippen LogP contribution in [0.15, 0.2) is 47.3 Å². The van der Waals surface area contributed by atoms with Crippen molar-refractivity contribution in [2.24, 2.45) is 7.05 Å². The molecule has 1 atom stereocenters. The quantitative estimate of drug-likeness (QED) is 0.637. The summed E-state index contributed by atoms with van der Waals surface area (Å²) in [6.07, 6.45) is -0.875. The standard InChI is InChI=1S/C20H19ClN4O4/c1-11-10-13(21)8-9-16(11)29-12(2)18(26)22-23-19(27)17-14-6-4-5-7-15(14)20(28)25(3)24-17/h4-10,12H,1-3H3,(H,22,26)(H,23,27). The zero-order valence-electron chi connectivity index (χ0n) is 16.0. The molecule has 0 radical (unpaired) electrons. The van der Waals surface area contributed by atoms with Crippen LogP contribution in [0, 0.1) is 6.92 Å². The molecule has 3 rings (SSSR count). The SMILES string of the molecule is Cc1cc(Cl)ccc1OC(C)C(=O)NNC(=O)c1nn(C)c(=O)c2ccccc12. The van der Waals surface area contributed by atoms with Gasteiger partial charge in [-0.2, -0.15) is 5.10 Å². The molecule has 150 valence electrons. The molecule has 0 bridgehead atoms. The average molecular weight is 415 g/mol. The normalized spacial score (nSPS) is 11.7. The molecule has 0 spiro atoms. The highest BCUT2D eigenvalue weighted by molar-refractivity contribution is 6.30. The van der Waals surface area contributed by atoms with Gasteiger partial charge < -0.3 is 4.74 Å². The van der Waals surface area contributed by atoms with Gasteiger partial charge in [0.05, 0.1) is 5.39 Å². The third-order valence-electron chi connectivity index (χ3n) is 4.28. The highest BCUT2D eigenvalue weighted by atomic mass is 35.5. The van der Waals surface area contributed by atoms with Crippen molar-refractivity contribution in [3.8, 4) is 5.75 Å². The van der Waals surface area contributed by atoms with Crippen molar-refractivity contribution in [3.05, 3.63) is 69.1 Å². The summed E-state index contributed by atoms with van der Waals surface area (Å²) in [6, 6.07) is 11.7. The maximum atomic E-state index is 12.5. The summed E-state index contributed by atoms with van der Waals surface area (Å²) in [6.45, 7) is 3.36. The molecule has 8 nitrogen and oxygen atoms in total. The van der Waals surface area contributed by atoms with Gasteiger partial charge in [-0.1, -0.05) is 29.8 Å². The van der Waals surface area contributed by atoms with E-state index in [-0.39, 0.29) is 11.3 Å². The minimum atomic E-state index is -0.875. The molecule has 2 N–H and O–H groups in total. The van der Waals surface area contributed by atoms with E-state index in [0.717, 1.165) is 10.2 Å². The van der Waals surface area contributed by atoms with Gasteiger partial charge in [0.25, 0.3) is 17.4 Å². The Labute approximate surface area is 171 Å². The first-order valence-electron chi connectivity index (χ1n) is 8.77. The maximum absolute atomic E-state index is 12.5. The molecule has 0 fully saturated rings. The van der Waals surface area contributed by atoms with Crippen LogP contribution in [0.1, 0.15) is 23.0 Å². The molecule has 1 aromatic heterocycles. The van der Waals surface area contributed by atoms with Crippen molar-refractivity contribution < 1.29 is 14.3 Å². The number of hydrogen-bond donors (Lipinski definition) is 2. The molecule has 0 saturated carbocycles. The fourth-order valence-corrected chi connectivity index (χ4v) is 2.96. The summed E-state index contributed by atoms with van der Waals surface area (Å²) in [4.78, 5) is 37.0. The molecule has 1 heterocycles. The fraction of sp³-hybridized carbons (Fsp3) is 0.200. The Hall–Kier alpha value is -3.39. The van der Waals surface area contributed by atoms with E-state index in [0.29, 0.717) is 21.5 Å². The van der Waals surface area contributed by atoms with E-state index >= 15 is 0 Å². The van der Waals surface area contributed by atoms with E-state index in [1.807, 2.05) is 6.92 Å². The summed E-state index contributed by atoms with van der Waals surface area (Å²) in [5.41, 5.74) is 5.10. The second-order valence-electron chi connectivity index (χ2n) is 6.44. The molecular formula is C20H19ClN4O4. The second kappa shape index (κ2) is 8.32. The Morgan fingerprint density at radius 3 is 2.52 bits per heavy atom. The van der Waals surface area contributed by atoms with Crippen molar-refractivity contribution in [3.63, 3.8) is 0 Å². The molecule has 0 saturated heterocycles. The van der Waals surface area contributed by atoms with E-state index < -0.39 is 17.9 Å². The van der Waals surface area contributed by atoms with Crippen LogP contribution in [0.2, 0.25) is 5.02 Å². The molecule has 3 aromatic rings. The Bertz CT molecular complexity index is 1160. The third kappa shape index (κ3) is 4.38. The molecular weight excluding hydrogens is 396 g/mol. The van der Waals surface area contributed by atoms with Crippen LogP contribution in [0.25, 0.3) is 10.8 Å². The number of carbonyl (C=O) groups excluding carboxylic acids is 2. The third-order valence-corrected chi connectivity index (χ3v) is 4.52. The first kappa shape index (κ1) is 20.3. The Balaban J connectivity index is 1.70. The first-order chi connectivity index (χ1) is 13.8. The summed E-state index contributed by atoms with van der Waals surface area (Å²) >= 11 is 5.91. The highest BCUT2D eigenvalue weighted by Crippen LogP contribution is 2.22. The number of benzene rings is 2. The zero-order valence-corrected chi connectivity index (χ0v) is 16.8. The number of nitrogens with one attached hydrogen (secondary N) is 2. The van der Waals surface area contributed by atoms with Gasteiger partial charge in [0.1, 0.15) is 5.75 Å². The lowest BCUT2D eigenvalue weighted by molar-refractivity contribution is -0.128. The van der Waals surface area contributed by atoms with Crippen LogP contribution in [0.4, 0.5) is 0 Å². The second-order valence-corrected chi connectivity index (χ2v) is 6.87. The van der Waals surface area contributed by atoms with Crippen molar-refractivity contribution in [2.45, 2.75) is 20.0 Å². The zero-order chi connectivity index (χ0) is 21.1. The van der Waals surface area contributed by atoms with E-state index in [1.54, 1.807) is 49.4 Å². The Morgan fingerprint density at radius 2 is 1.83 bits per heavy atom. The van der Waals surface area contributed by atoms with Crippen LogP contribution < -0.4 is 21.1 Å². The predicted octanol–water partition coefficient (Wildman–Crippen LogP) is 2.12. The van der Waals surface area contributed by atoms with Gasteiger partial charge in [0, 0.05) is 17.5 Å². The Morgan fingerprint density at radius 1 is 1.14 bits per heavy atom. The lowest BCUT2D eigenvalue weighted by Crippen LogP contribution is -2.47. The smallest absolute Gasteiger partial charge is 0.290 e. The molecule has 9 heteroatoms. The van der Waals surface area contributed by atoms with Crippen molar-refractivity contribution in [2.75, 3.05) is 0 Å². The van der Waals surface area contributed by atoms with Crippen LogP contribution >= 0.6 is 11.6 Å². The number of fused-ring (bicyclic) bond motifs is 1. The van der Waals surface area contributed by atoms with E-state index in [4.69, 9.17) is 16.3 Å². The molecule has 1 unspecified atom stereocenters. The number of halogens is 1. The average Bonchev–Trinajstić information content (AvgIpc) is 2.70. The van der Waals surface area contributed by atoms with E-state index in [9.17, 15) is 14.4 Å². The summed E-state index contributed by atoms with van der Waals surface area (Å²) in [7, 11) is 1.45. The van der Waals surface area contributed by atoms with E-state index in [1.165, 1.54) is 7.05 Å². The van der Waals surface area contributed by atoms with E-state index in [2.05, 4.69) is 16.0 Å². The first-order valence-corrected chi connectivity index (χ1v) is 9.14. The number of amides is 2. The number of aromatic nitrogens is 2. The number of ether oxygens (including phenoxy) is 1. The van der Waals surface area contributed by atoms with Crippen molar-refractivity contribution in [1.29, 1.82) is 0 Å². The van der Waals surface area contributed by atoms with Gasteiger partial charge in [-0.25, -0.2) is 4.68 Å². The molecule has 0 aliphatic carbocycles. The monoisotopic (exact) mass is 414 g/mol. The van der Waals surface area contributed by atoms with Gasteiger partial charge in [-0.3, -0.25) is 25.2 Å². The van der Waals surface area contributed by atoms with Crippen molar-refractivity contribution >= 4 is 34.2 Å². The summed E-state index contributed by atoms with van der Waals surface area (Å²) in [5.74, 6) is -0.698. The largest absolute Gasteiger partial charge is 0.481 e. The lowest BCUT2D eigenvalue weighted by atomic mass is 10.1. The van der Waals surface area contributed by atoms with Crippen LogP contribution in [0.3, 0.4) is 0 Å². The molecule has 2 aromatic carbocycles. The predicted molar refractivity (Wildman–Crippen MR) is 109 cm³/mol. The van der Waals surface area contributed by atoms with Gasteiger partial charge in [0.2, 0.25) is 0 Å². The number of nitrogens with zero attached hydrogens (tertiary/aromatic N) is 2. The maximum Gasteiger partial charge on any atom is 0.290 e. The van der Waals surface area contributed by atoms with Crippen LogP contribution in [-0.2, 0) is 11.8 Å². The minimum absolute atomic E-state index is 0.0186. The Kier molecular flexibility index (Phi) is 5.84. The molecule has 29 heavy (non-hydrogen) atoms. The number of aryl methyl sites for hydroxylation is 2. The number of carbonyl (C=O) groups is 2. The van der Waals surface area contributed by atoms with Gasteiger partial charge in [0.15, 0.2) is 11.8 Å². The topological polar surface area (TPSA) is 102 Å². The van der Waals surface area contributed by atoms with Crippen LogP contribution in [-0.4, -0.2) is 27.7 Å². The molecule has 2 amide bonds. The molecule has 0 aliphatic rings. The summed E-state index contributed by atoms with van der Waals surface area (Å²) in [5, 5.41) is 5.32. The number of rotatable bonds is 4. The highest BCUT2D eigenvalue weighted by Gasteiger charge is 2.19. The van der Waals surface area contributed by atoms with Gasteiger partial charge in [-0.15, -0.1) is 0 Å². The summed E-state index contributed by atoms with van der Waals surface area (Å²) < 4.78 is 6.70. The van der Waals surface area contributed by atoms with Gasteiger partial charge >= 0.3 is 0 Å².